The Morgan fingerprint density at radius 2 is 0.667 bits per heavy atom. The minimum Gasteiger partial charge on any atom is -1.00 e. The van der Waals surface area contributed by atoms with Gasteiger partial charge in [0.05, 0.1) is 60.4 Å². The molecule has 0 aliphatic carbocycles. The highest BCUT2D eigenvalue weighted by Gasteiger charge is 2.44. The standard InChI is InChI=1S/C38H46P2.2ClH/c1-33(2)27-31-39(35-19-9-5-10-20-35,36-21-11-6-12-22-36)29-17-18-30-40(32-28-34(3)4,37-23-13-7-14-24-37)38-25-15-8-16-26-38;;/h5-16,19-28H,17-18,29-32H2,1-4H3;2*1H/q+2;;/p-2. The average Bonchev–Trinajstić information content (AvgIpc) is 3.00. The third-order valence-electron chi connectivity index (χ3n) is 7.95. The fourth-order valence-electron chi connectivity index (χ4n) is 5.71. The summed E-state index contributed by atoms with van der Waals surface area (Å²) >= 11 is 0. The summed E-state index contributed by atoms with van der Waals surface area (Å²) in [6, 6.07) is 45.6. The zero-order valence-corrected chi connectivity index (χ0v) is 28.9. The number of benzene rings is 4. The summed E-state index contributed by atoms with van der Waals surface area (Å²) in [6.45, 7) is 8.97. The van der Waals surface area contributed by atoms with Crippen molar-refractivity contribution < 1.29 is 24.8 Å². The Morgan fingerprint density at radius 3 is 0.881 bits per heavy atom. The SMILES string of the molecule is CC(C)=CC[P+](CCCC[P+](CC=C(C)C)(c1ccccc1)c1ccccc1)(c1ccccc1)c1ccccc1.[Cl-].[Cl-]. The van der Waals surface area contributed by atoms with Crippen molar-refractivity contribution in [3.63, 3.8) is 0 Å². The molecule has 0 N–H and O–H groups in total. The Hall–Kier alpha value is -2.20. The lowest BCUT2D eigenvalue weighted by Crippen LogP contribution is -3.00. The van der Waals surface area contributed by atoms with Gasteiger partial charge in [-0.2, -0.15) is 0 Å². The van der Waals surface area contributed by atoms with Crippen molar-refractivity contribution in [1.29, 1.82) is 0 Å². The van der Waals surface area contributed by atoms with Crippen LogP contribution in [0.4, 0.5) is 0 Å². The van der Waals surface area contributed by atoms with E-state index in [2.05, 4.69) is 161 Å². The molecule has 0 atom stereocenters. The minimum absolute atomic E-state index is 0. The lowest BCUT2D eigenvalue weighted by atomic mass is 10.3. The van der Waals surface area contributed by atoms with Crippen LogP contribution < -0.4 is 46.0 Å². The molecule has 0 saturated heterocycles. The van der Waals surface area contributed by atoms with Crippen molar-refractivity contribution in [2.75, 3.05) is 24.6 Å². The van der Waals surface area contributed by atoms with Crippen molar-refractivity contribution in [3.05, 3.63) is 145 Å². The van der Waals surface area contributed by atoms with E-state index in [1.807, 2.05) is 0 Å². The lowest BCUT2D eigenvalue weighted by Gasteiger charge is -2.29. The first-order valence-corrected chi connectivity index (χ1v) is 19.0. The van der Waals surface area contributed by atoms with Crippen LogP contribution in [0.2, 0.25) is 0 Å². The van der Waals surface area contributed by atoms with E-state index in [9.17, 15) is 0 Å². The molecule has 0 spiro atoms. The zero-order valence-electron chi connectivity index (χ0n) is 25.6. The monoisotopic (exact) mass is 634 g/mol. The van der Waals surface area contributed by atoms with E-state index < -0.39 is 14.5 Å². The van der Waals surface area contributed by atoms with Crippen LogP contribution in [0.25, 0.3) is 0 Å². The molecule has 0 unspecified atom stereocenters. The highest BCUT2D eigenvalue weighted by molar-refractivity contribution is 7.90. The Morgan fingerprint density at radius 1 is 0.429 bits per heavy atom. The number of hydrogen-bond acceptors (Lipinski definition) is 0. The van der Waals surface area contributed by atoms with Gasteiger partial charge in [-0.15, -0.1) is 0 Å². The van der Waals surface area contributed by atoms with Gasteiger partial charge in [-0.05, 0) is 101 Å². The van der Waals surface area contributed by atoms with Crippen LogP contribution in [-0.2, 0) is 0 Å². The number of allylic oxidation sites excluding steroid dienone is 4. The van der Waals surface area contributed by atoms with Gasteiger partial charge in [0, 0.05) is 0 Å². The summed E-state index contributed by atoms with van der Waals surface area (Å²) in [6.07, 6.45) is 12.2. The predicted molar refractivity (Wildman–Crippen MR) is 186 cm³/mol. The molecule has 0 saturated carbocycles. The maximum atomic E-state index is 2.49. The van der Waals surface area contributed by atoms with Gasteiger partial charge in [0.25, 0.3) is 0 Å². The Labute approximate surface area is 269 Å². The van der Waals surface area contributed by atoms with E-state index in [1.54, 1.807) is 0 Å². The van der Waals surface area contributed by atoms with Crippen molar-refractivity contribution >= 4 is 35.7 Å². The Bertz CT molecular complexity index is 1170. The maximum Gasteiger partial charge on any atom is 0.0995 e. The van der Waals surface area contributed by atoms with Crippen LogP contribution in [-0.4, -0.2) is 24.6 Å². The quantitative estimate of drug-likeness (QED) is 0.121. The van der Waals surface area contributed by atoms with Gasteiger partial charge in [-0.1, -0.05) is 83.9 Å². The molecule has 0 nitrogen and oxygen atoms in total. The molecule has 222 valence electrons. The molecule has 4 aromatic rings. The number of rotatable bonds is 13. The molecule has 0 amide bonds. The molecule has 0 fully saturated rings. The summed E-state index contributed by atoms with van der Waals surface area (Å²) in [5, 5.41) is 6.15. The van der Waals surface area contributed by atoms with E-state index >= 15 is 0 Å². The molecule has 0 radical (unpaired) electrons. The van der Waals surface area contributed by atoms with Gasteiger partial charge >= 0.3 is 0 Å². The van der Waals surface area contributed by atoms with Crippen molar-refractivity contribution in [2.24, 2.45) is 0 Å². The van der Waals surface area contributed by atoms with Crippen LogP contribution in [0.1, 0.15) is 40.5 Å². The second-order valence-corrected chi connectivity index (χ2v) is 18.9. The summed E-state index contributed by atoms with van der Waals surface area (Å²) in [7, 11) is -3.18. The van der Waals surface area contributed by atoms with Crippen LogP contribution in [0, 0.1) is 0 Å². The van der Waals surface area contributed by atoms with Gasteiger partial charge in [-0.3, -0.25) is 0 Å². The smallest absolute Gasteiger partial charge is 0.0995 e. The second-order valence-electron chi connectivity index (χ2n) is 11.4. The second kappa shape index (κ2) is 17.8. The molecule has 0 aliphatic rings. The van der Waals surface area contributed by atoms with E-state index in [0.717, 1.165) is 12.3 Å². The summed E-state index contributed by atoms with van der Waals surface area (Å²) in [5.74, 6) is 0. The van der Waals surface area contributed by atoms with Gasteiger partial charge in [0.15, 0.2) is 0 Å². The molecular formula is C38H46Cl2P2. The third-order valence-corrected chi connectivity index (χ3v) is 16.9. The van der Waals surface area contributed by atoms with E-state index in [1.165, 1.54) is 57.5 Å². The first-order chi connectivity index (χ1) is 19.5. The van der Waals surface area contributed by atoms with Crippen LogP contribution in [0.5, 0.6) is 0 Å². The topological polar surface area (TPSA) is 0 Å². The predicted octanol–water partition coefficient (Wildman–Crippen LogP) is 3.04. The molecule has 0 heterocycles. The number of unbranched alkanes of at least 4 members (excludes halogenated alkanes) is 1. The molecule has 0 bridgehead atoms. The Balaban J connectivity index is 0.00000308. The molecule has 0 aliphatic heterocycles. The van der Waals surface area contributed by atoms with Crippen LogP contribution >= 0.6 is 14.5 Å². The van der Waals surface area contributed by atoms with Gasteiger partial charge in [-0.25, -0.2) is 0 Å². The molecule has 0 aromatic heterocycles. The normalized spacial score (nSPS) is 11.0. The van der Waals surface area contributed by atoms with Crippen LogP contribution in [0.15, 0.2) is 145 Å². The highest BCUT2D eigenvalue weighted by Crippen LogP contribution is 2.60. The largest absolute Gasteiger partial charge is 1.00 e. The third kappa shape index (κ3) is 9.15. The average molecular weight is 636 g/mol. The van der Waals surface area contributed by atoms with Crippen molar-refractivity contribution in [1.82, 2.24) is 0 Å². The first-order valence-electron chi connectivity index (χ1n) is 14.7. The fourth-order valence-corrected chi connectivity index (χ4v) is 14.4. The van der Waals surface area contributed by atoms with Gasteiger partial charge < -0.3 is 24.8 Å². The lowest BCUT2D eigenvalue weighted by molar-refractivity contribution is -0.00100. The first kappa shape index (κ1) is 36.0. The Kier molecular flexibility index (Phi) is 15.3. The van der Waals surface area contributed by atoms with Crippen LogP contribution in [0.3, 0.4) is 0 Å². The van der Waals surface area contributed by atoms with Crippen molar-refractivity contribution in [2.45, 2.75) is 40.5 Å². The van der Waals surface area contributed by atoms with E-state index in [0.29, 0.717) is 0 Å². The molecular weight excluding hydrogens is 589 g/mol. The highest BCUT2D eigenvalue weighted by atomic mass is 35.5. The van der Waals surface area contributed by atoms with E-state index in [4.69, 9.17) is 0 Å². The maximum absolute atomic E-state index is 2.49. The number of halogens is 2. The van der Waals surface area contributed by atoms with E-state index in [-0.39, 0.29) is 24.8 Å². The summed E-state index contributed by atoms with van der Waals surface area (Å²) in [4.78, 5) is 0. The molecule has 4 rings (SSSR count). The molecule has 42 heavy (non-hydrogen) atoms. The zero-order chi connectivity index (χ0) is 28.3. The summed E-state index contributed by atoms with van der Waals surface area (Å²) in [5.41, 5.74) is 2.83. The summed E-state index contributed by atoms with van der Waals surface area (Å²) < 4.78 is 0. The minimum atomic E-state index is -1.59. The number of hydrogen-bond donors (Lipinski definition) is 0. The fraction of sp³-hybridized carbons (Fsp3) is 0.263. The van der Waals surface area contributed by atoms with Gasteiger partial charge in [0.2, 0.25) is 0 Å². The van der Waals surface area contributed by atoms with Gasteiger partial charge in [0.1, 0.15) is 0 Å². The van der Waals surface area contributed by atoms with Crippen molar-refractivity contribution in [3.8, 4) is 0 Å². The molecule has 4 aromatic carbocycles. The molecule has 4 heteroatoms.